The molecule has 1 N–H and O–H groups in total. The van der Waals surface area contributed by atoms with Gasteiger partial charge in [-0.15, -0.1) is 11.3 Å². The molecule has 3 nitrogen and oxygen atoms in total. The maximum atomic E-state index is 4.36. The first kappa shape index (κ1) is 13.0. The SMILES string of the molecule is CCC1(CN(C)Cc2cscn2)CCCNC1. The van der Waals surface area contributed by atoms with Gasteiger partial charge in [0.25, 0.3) is 0 Å². The number of thiazole rings is 1. The molecule has 0 saturated carbocycles. The van der Waals surface area contributed by atoms with Gasteiger partial charge in [-0.1, -0.05) is 6.92 Å². The number of hydrogen-bond donors (Lipinski definition) is 1. The van der Waals surface area contributed by atoms with Gasteiger partial charge in [-0.3, -0.25) is 4.90 Å². The molecule has 96 valence electrons. The van der Waals surface area contributed by atoms with E-state index < -0.39 is 0 Å². The topological polar surface area (TPSA) is 28.2 Å². The van der Waals surface area contributed by atoms with Crippen molar-refractivity contribution in [1.29, 1.82) is 0 Å². The molecule has 0 amide bonds. The van der Waals surface area contributed by atoms with Gasteiger partial charge in [0.05, 0.1) is 11.2 Å². The van der Waals surface area contributed by atoms with Gasteiger partial charge in [-0.2, -0.15) is 0 Å². The molecule has 0 aromatic carbocycles. The quantitative estimate of drug-likeness (QED) is 0.873. The zero-order chi connectivity index (χ0) is 12.1. The smallest absolute Gasteiger partial charge is 0.0795 e. The van der Waals surface area contributed by atoms with Crippen LogP contribution in [0.4, 0.5) is 0 Å². The Morgan fingerprint density at radius 2 is 2.47 bits per heavy atom. The Labute approximate surface area is 108 Å². The number of piperidine rings is 1. The molecule has 0 spiro atoms. The predicted octanol–water partition coefficient (Wildman–Crippen LogP) is 2.35. The highest BCUT2D eigenvalue weighted by Gasteiger charge is 2.31. The number of rotatable bonds is 5. The largest absolute Gasteiger partial charge is 0.316 e. The highest BCUT2D eigenvalue weighted by molar-refractivity contribution is 7.07. The Hall–Kier alpha value is -0.450. The summed E-state index contributed by atoms with van der Waals surface area (Å²) in [6, 6.07) is 0. The molecule has 17 heavy (non-hydrogen) atoms. The monoisotopic (exact) mass is 253 g/mol. The Morgan fingerprint density at radius 1 is 1.59 bits per heavy atom. The first-order valence-electron chi connectivity index (χ1n) is 6.50. The molecule has 0 aliphatic carbocycles. The second-order valence-electron chi connectivity index (χ2n) is 5.29. The van der Waals surface area contributed by atoms with Crippen molar-refractivity contribution in [2.75, 3.05) is 26.7 Å². The number of aromatic nitrogens is 1. The van der Waals surface area contributed by atoms with Crippen LogP contribution in [-0.2, 0) is 6.54 Å². The molecule has 1 aromatic heterocycles. The van der Waals surface area contributed by atoms with Crippen molar-refractivity contribution in [3.8, 4) is 0 Å². The first-order chi connectivity index (χ1) is 8.24. The van der Waals surface area contributed by atoms with Gasteiger partial charge in [0.1, 0.15) is 0 Å². The minimum atomic E-state index is 0.475. The van der Waals surface area contributed by atoms with Crippen molar-refractivity contribution in [2.45, 2.75) is 32.7 Å². The second kappa shape index (κ2) is 5.94. The van der Waals surface area contributed by atoms with E-state index in [1.54, 1.807) is 11.3 Å². The molecule has 4 heteroatoms. The minimum absolute atomic E-state index is 0.475. The van der Waals surface area contributed by atoms with E-state index in [2.05, 4.69) is 34.6 Å². The maximum Gasteiger partial charge on any atom is 0.0795 e. The lowest BCUT2D eigenvalue weighted by Crippen LogP contribution is -2.46. The summed E-state index contributed by atoms with van der Waals surface area (Å²) in [5.74, 6) is 0. The summed E-state index contributed by atoms with van der Waals surface area (Å²) < 4.78 is 0. The van der Waals surface area contributed by atoms with Gasteiger partial charge in [0, 0.05) is 25.0 Å². The van der Waals surface area contributed by atoms with Gasteiger partial charge in [-0.05, 0) is 38.3 Å². The Kier molecular flexibility index (Phi) is 4.54. The molecule has 2 rings (SSSR count). The summed E-state index contributed by atoms with van der Waals surface area (Å²) in [5.41, 5.74) is 3.59. The lowest BCUT2D eigenvalue weighted by Gasteiger charge is -2.39. The highest BCUT2D eigenvalue weighted by Crippen LogP contribution is 2.31. The van der Waals surface area contributed by atoms with Crippen LogP contribution in [0.2, 0.25) is 0 Å². The van der Waals surface area contributed by atoms with Gasteiger partial charge in [0.15, 0.2) is 0 Å². The van der Waals surface area contributed by atoms with Crippen molar-refractivity contribution >= 4 is 11.3 Å². The molecule has 1 atom stereocenters. The summed E-state index contributed by atoms with van der Waals surface area (Å²) in [4.78, 5) is 6.78. The van der Waals surface area contributed by atoms with Crippen LogP contribution in [0.3, 0.4) is 0 Å². The standard InChI is InChI=1S/C13H23N3S/c1-3-13(5-4-6-14-9-13)10-16(2)7-12-8-17-11-15-12/h8,11,14H,3-7,9-10H2,1-2H3. The van der Waals surface area contributed by atoms with Gasteiger partial charge in [-0.25, -0.2) is 4.98 Å². The van der Waals surface area contributed by atoms with E-state index >= 15 is 0 Å². The lowest BCUT2D eigenvalue weighted by molar-refractivity contribution is 0.124. The minimum Gasteiger partial charge on any atom is -0.316 e. The molecule has 0 bridgehead atoms. The highest BCUT2D eigenvalue weighted by atomic mass is 32.1. The third-order valence-electron chi connectivity index (χ3n) is 3.83. The predicted molar refractivity (Wildman–Crippen MR) is 73.3 cm³/mol. The van der Waals surface area contributed by atoms with Crippen LogP contribution < -0.4 is 5.32 Å². The van der Waals surface area contributed by atoms with Crippen molar-refractivity contribution in [1.82, 2.24) is 15.2 Å². The van der Waals surface area contributed by atoms with E-state index in [0.717, 1.165) is 6.54 Å². The summed E-state index contributed by atoms with van der Waals surface area (Å²) in [6.45, 7) is 6.84. The van der Waals surface area contributed by atoms with Crippen molar-refractivity contribution in [3.05, 3.63) is 16.6 Å². The van der Waals surface area contributed by atoms with Gasteiger partial charge < -0.3 is 5.32 Å². The Morgan fingerprint density at radius 3 is 3.06 bits per heavy atom. The molecule has 1 aliphatic rings. The van der Waals surface area contributed by atoms with Crippen LogP contribution in [0.1, 0.15) is 31.9 Å². The van der Waals surface area contributed by atoms with E-state index in [9.17, 15) is 0 Å². The van der Waals surface area contributed by atoms with Gasteiger partial charge in [0.2, 0.25) is 0 Å². The molecule has 1 aliphatic heterocycles. The first-order valence-corrected chi connectivity index (χ1v) is 7.45. The fourth-order valence-electron chi connectivity index (χ4n) is 2.80. The molecule has 2 heterocycles. The van der Waals surface area contributed by atoms with E-state index in [4.69, 9.17) is 0 Å². The molecular formula is C13H23N3S. The Balaban J connectivity index is 1.89. The molecule has 1 fully saturated rings. The average Bonchev–Trinajstić information content (AvgIpc) is 2.83. The summed E-state index contributed by atoms with van der Waals surface area (Å²) in [5, 5.41) is 5.70. The fourth-order valence-corrected chi connectivity index (χ4v) is 3.35. The fraction of sp³-hybridized carbons (Fsp3) is 0.769. The van der Waals surface area contributed by atoms with Crippen LogP contribution in [-0.4, -0.2) is 36.6 Å². The van der Waals surface area contributed by atoms with Crippen LogP contribution in [0.25, 0.3) is 0 Å². The molecular weight excluding hydrogens is 230 g/mol. The van der Waals surface area contributed by atoms with E-state index in [1.807, 2.05) is 5.51 Å². The van der Waals surface area contributed by atoms with Gasteiger partial charge >= 0.3 is 0 Å². The molecule has 1 unspecified atom stereocenters. The Bertz CT molecular complexity index is 317. The average molecular weight is 253 g/mol. The van der Waals surface area contributed by atoms with Crippen molar-refractivity contribution < 1.29 is 0 Å². The van der Waals surface area contributed by atoms with Crippen LogP contribution in [0.15, 0.2) is 10.9 Å². The molecule has 1 aromatic rings. The molecule has 0 radical (unpaired) electrons. The van der Waals surface area contributed by atoms with E-state index in [1.165, 1.54) is 44.6 Å². The number of nitrogens with one attached hydrogen (secondary N) is 1. The normalized spacial score (nSPS) is 25.4. The van der Waals surface area contributed by atoms with Crippen molar-refractivity contribution in [2.24, 2.45) is 5.41 Å². The number of nitrogens with zero attached hydrogens (tertiary/aromatic N) is 2. The summed E-state index contributed by atoms with van der Waals surface area (Å²) >= 11 is 1.68. The lowest BCUT2D eigenvalue weighted by atomic mass is 9.78. The third kappa shape index (κ3) is 3.50. The molecule has 1 saturated heterocycles. The summed E-state index contributed by atoms with van der Waals surface area (Å²) in [7, 11) is 2.21. The van der Waals surface area contributed by atoms with Crippen molar-refractivity contribution in [3.63, 3.8) is 0 Å². The van der Waals surface area contributed by atoms with Crippen LogP contribution >= 0.6 is 11.3 Å². The summed E-state index contributed by atoms with van der Waals surface area (Å²) in [6.07, 6.45) is 3.94. The van der Waals surface area contributed by atoms with Crippen LogP contribution in [0, 0.1) is 5.41 Å². The van der Waals surface area contributed by atoms with E-state index in [-0.39, 0.29) is 0 Å². The zero-order valence-electron chi connectivity index (χ0n) is 10.9. The zero-order valence-corrected chi connectivity index (χ0v) is 11.7. The van der Waals surface area contributed by atoms with E-state index in [0.29, 0.717) is 5.41 Å². The third-order valence-corrected chi connectivity index (χ3v) is 4.47. The number of hydrogen-bond acceptors (Lipinski definition) is 4. The second-order valence-corrected chi connectivity index (χ2v) is 6.00. The maximum absolute atomic E-state index is 4.36. The van der Waals surface area contributed by atoms with Crippen LogP contribution in [0.5, 0.6) is 0 Å².